The van der Waals surface area contributed by atoms with Gasteiger partial charge in [0.1, 0.15) is 11.1 Å². The molecule has 2 nitrogen and oxygen atoms in total. The van der Waals surface area contributed by atoms with Gasteiger partial charge in [0.05, 0.1) is 5.02 Å². The summed E-state index contributed by atoms with van der Waals surface area (Å²) in [5.41, 5.74) is 1.70. The fourth-order valence-electron chi connectivity index (χ4n) is 1.87. The number of thioether (sulfide) groups is 1. The van der Waals surface area contributed by atoms with Gasteiger partial charge in [0.2, 0.25) is 0 Å². The molecule has 0 amide bonds. The van der Waals surface area contributed by atoms with Crippen LogP contribution in [0.3, 0.4) is 0 Å². The van der Waals surface area contributed by atoms with Crippen molar-refractivity contribution < 1.29 is 14.3 Å². The van der Waals surface area contributed by atoms with Crippen molar-refractivity contribution in [2.75, 3.05) is 0 Å². The van der Waals surface area contributed by atoms with Crippen molar-refractivity contribution >= 4 is 29.3 Å². The quantitative estimate of drug-likeness (QED) is 0.855. The Morgan fingerprint density at radius 2 is 1.90 bits per heavy atom. The van der Waals surface area contributed by atoms with Gasteiger partial charge in [-0.2, -0.15) is 0 Å². The third-order valence-electron chi connectivity index (χ3n) is 2.97. The molecule has 1 atom stereocenters. The summed E-state index contributed by atoms with van der Waals surface area (Å²) in [5, 5.41) is 8.80. The molecule has 5 heteroatoms. The minimum absolute atomic E-state index is 0.0721. The van der Waals surface area contributed by atoms with E-state index in [9.17, 15) is 14.3 Å². The Bertz CT molecular complexity index is 619. The topological polar surface area (TPSA) is 37.3 Å². The smallest absolute Gasteiger partial charge is 0.316 e. The maximum atomic E-state index is 13.4. The molecule has 0 aliphatic heterocycles. The van der Waals surface area contributed by atoms with Gasteiger partial charge in [0, 0.05) is 5.75 Å². The normalized spacial score (nSPS) is 12.1. The second-order valence-electron chi connectivity index (χ2n) is 4.58. The van der Waals surface area contributed by atoms with E-state index >= 15 is 0 Å². The van der Waals surface area contributed by atoms with Gasteiger partial charge >= 0.3 is 5.97 Å². The molecular formula is C16H14ClFO2S. The Balaban J connectivity index is 2.00. The number of aliphatic carboxylic acids is 1. The first kappa shape index (κ1) is 15.9. The molecule has 0 aliphatic carbocycles. The summed E-state index contributed by atoms with van der Waals surface area (Å²) >= 11 is 6.91. The van der Waals surface area contributed by atoms with Crippen LogP contribution in [0.5, 0.6) is 0 Å². The molecule has 0 heterocycles. The van der Waals surface area contributed by atoms with Gasteiger partial charge in [-0.05, 0) is 29.7 Å². The predicted octanol–water partition coefficient (Wildman–Crippen LogP) is 4.41. The highest BCUT2D eigenvalue weighted by Crippen LogP contribution is 2.24. The number of benzene rings is 2. The number of hydrogen-bond acceptors (Lipinski definition) is 2. The largest absolute Gasteiger partial charge is 0.480 e. The van der Waals surface area contributed by atoms with Crippen LogP contribution in [0.1, 0.15) is 11.1 Å². The molecule has 0 aromatic heterocycles. The fourth-order valence-corrected chi connectivity index (χ4v) is 3.02. The molecular weight excluding hydrogens is 311 g/mol. The van der Waals surface area contributed by atoms with E-state index in [0.29, 0.717) is 12.2 Å². The third-order valence-corrected chi connectivity index (χ3v) is 4.55. The first-order valence-electron chi connectivity index (χ1n) is 6.38. The van der Waals surface area contributed by atoms with Crippen LogP contribution in [0.25, 0.3) is 0 Å². The summed E-state index contributed by atoms with van der Waals surface area (Å²) in [7, 11) is 0. The Morgan fingerprint density at radius 1 is 1.19 bits per heavy atom. The van der Waals surface area contributed by atoms with Crippen LogP contribution in [-0.4, -0.2) is 16.3 Å². The summed E-state index contributed by atoms with van der Waals surface area (Å²) in [4.78, 5) is 11.3. The Hall–Kier alpha value is -1.52. The zero-order chi connectivity index (χ0) is 15.2. The van der Waals surface area contributed by atoms with E-state index in [4.69, 9.17) is 11.6 Å². The summed E-state index contributed by atoms with van der Waals surface area (Å²) in [5.74, 6) is -0.916. The van der Waals surface area contributed by atoms with Crippen molar-refractivity contribution in [3.8, 4) is 0 Å². The second-order valence-corrected chi connectivity index (χ2v) is 6.17. The summed E-state index contributed by atoms with van der Waals surface area (Å²) in [6, 6.07) is 14.0. The molecule has 0 spiro atoms. The molecule has 21 heavy (non-hydrogen) atoms. The highest BCUT2D eigenvalue weighted by Gasteiger charge is 2.18. The summed E-state index contributed by atoms with van der Waals surface area (Å²) in [6.07, 6.45) is 0.441. The molecule has 0 saturated carbocycles. The van der Waals surface area contributed by atoms with Crippen molar-refractivity contribution in [1.29, 1.82) is 0 Å². The van der Waals surface area contributed by atoms with Crippen molar-refractivity contribution in [3.63, 3.8) is 0 Å². The fraction of sp³-hybridized carbons (Fsp3) is 0.188. The lowest BCUT2D eigenvalue weighted by atomic mass is 10.1. The number of carboxylic acids is 1. The molecule has 2 rings (SSSR count). The van der Waals surface area contributed by atoms with Crippen LogP contribution < -0.4 is 0 Å². The zero-order valence-electron chi connectivity index (χ0n) is 11.1. The van der Waals surface area contributed by atoms with Gasteiger partial charge in [-0.3, -0.25) is 4.79 Å². The molecule has 1 unspecified atom stereocenters. The van der Waals surface area contributed by atoms with Crippen LogP contribution in [0.4, 0.5) is 4.39 Å². The van der Waals surface area contributed by atoms with E-state index < -0.39 is 17.0 Å². The van der Waals surface area contributed by atoms with Gasteiger partial charge in [-0.25, -0.2) is 4.39 Å². The minimum Gasteiger partial charge on any atom is -0.480 e. The SMILES string of the molecule is O=C(O)C(Cc1ccccc1)SCc1ccc(Cl)c(F)c1. The van der Waals surface area contributed by atoms with Gasteiger partial charge < -0.3 is 5.11 Å². The maximum absolute atomic E-state index is 13.4. The van der Waals surface area contributed by atoms with E-state index in [1.807, 2.05) is 30.3 Å². The molecule has 2 aromatic carbocycles. The minimum atomic E-state index is -0.863. The third kappa shape index (κ3) is 4.76. The number of halogens is 2. The van der Waals surface area contributed by atoms with Gasteiger partial charge in [-0.1, -0.05) is 48.0 Å². The van der Waals surface area contributed by atoms with Crippen LogP contribution >= 0.6 is 23.4 Å². The highest BCUT2D eigenvalue weighted by molar-refractivity contribution is 7.99. The second kappa shape index (κ2) is 7.48. The number of carboxylic acid groups (broad SMARTS) is 1. The summed E-state index contributed by atoms with van der Waals surface area (Å²) < 4.78 is 13.4. The van der Waals surface area contributed by atoms with Crippen molar-refractivity contribution in [3.05, 3.63) is 70.5 Å². The first-order valence-corrected chi connectivity index (χ1v) is 7.81. The maximum Gasteiger partial charge on any atom is 0.316 e. The zero-order valence-corrected chi connectivity index (χ0v) is 12.7. The molecule has 0 fully saturated rings. The average Bonchev–Trinajstić information content (AvgIpc) is 2.47. The summed E-state index contributed by atoms with van der Waals surface area (Å²) in [6.45, 7) is 0. The van der Waals surface area contributed by atoms with Gasteiger partial charge in [0.25, 0.3) is 0 Å². The number of rotatable bonds is 6. The van der Waals surface area contributed by atoms with E-state index in [2.05, 4.69) is 0 Å². The molecule has 1 N–H and O–H groups in total. The molecule has 0 saturated heterocycles. The van der Waals surface area contributed by atoms with E-state index in [-0.39, 0.29) is 5.02 Å². The standard InChI is InChI=1S/C16H14ClFO2S/c17-13-7-6-12(8-14(13)18)10-21-15(16(19)20)9-11-4-2-1-3-5-11/h1-8,15H,9-10H2,(H,19,20). The van der Waals surface area contributed by atoms with Crippen LogP contribution in [0.15, 0.2) is 48.5 Å². The van der Waals surface area contributed by atoms with Crippen LogP contribution in [-0.2, 0) is 17.0 Å². The first-order chi connectivity index (χ1) is 10.1. The van der Waals surface area contributed by atoms with E-state index in [1.54, 1.807) is 6.07 Å². The van der Waals surface area contributed by atoms with Crippen molar-refractivity contribution in [1.82, 2.24) is 0 Å². The number of hydrogen-bond donors (Lipinski definition) is 1. The monoisotopic (exact) mass is 324 g/mol. The lowest BCUT2D eigenvalue weighted by molar-refractivity contribution is -0.136. The Kier molecular flexibility index (Phi) is 5.65. The van der Waals surface area contributed by atoms with E-state index in [0.717, 1.165) is 11.1 Å². The molecule has 0 aliphatic rings. The average molecular weight is 325 g/mol. The predicted molar refractivity (Wildman–Crippen MR) is 84.3 cm³/mol. The Morgan fingerprint density at radius 3 is 2.52 bits per heavy atom. The van der Waals surface area contributed by atoms with Crippen LogP contribution in [0.2, 0.25) is 5.02 Å². The van der Waals surface area contributed by atoms with Gasteiger partial charge in [0.15, 0.2) is 0 Å². The Labute approximate surface area is 131 Å². The van der Waals surface area contributed by atoms with E-state index in [1.165, 1.54) is 23.9 Å². The highest BCUT2D eigenvalue weighted by atomic mass is 35.5. The molecule has 2 aromatic rings. The lowest BCUT2D eigenvalue weighted by Gasteiger charge is -2.12. The lowest BCUT2D eigenvalue weighted by Crippen LogP contribution is -2.19. The van der Waals surface area contributed by atoms with Crippen LogP contribution in [0, 0.1) is 5.82 Å². The van der Waals surface area contributed by atoms with Crippen molar-refractivity contribution in [2.45, 2.75) is 17.4 Å². The van der Waals surface area contributed by atoms with Gasteiger partial charge in [-0.15, -0.1) is 11.8 Å². The molecule has 110 valence electrons. The number of carbonyl (C=O) groups is 1. The molecule has 0 radical (unpaired) electrons. The molecule has 0 bridgehead atoms. The van der Waals surface area contributed by atoms with Crippen molar-refractivity contribution in [2.24, 2.45) is 0 Å².